The van der Waals surface area contributed by atoms with Gasteiger partial charge in [0.1, 0.15) is 0 Å². The second-order valence-electron chi connectivity index (χ2n) is 10.0. The van der Waals surface area contributed by atoms with Crippen molar-refractivity contribution in [3.63, 3.8) is 0 Å². The first kappa shape index (κ1) is 19.4. The number of benzene rings is 1. The van der Waals surface area contributed by atoms with Gasteiger partial charge in [0.05, 0.1) is 18.2 Å². The fourth-order valence-electron chi connectivity index (χ4n) is 7.21. The standard InChI is InChI=1S/C23H34ClNO2/c1-5-26-19-8-16(7-18(24)20(19)27-6-2)12-25-23-11-17-9-21(3,14-23)13-22(4,10-17)15-23/h7-8,17,25H,5-6,9-15H2,1-4H3. The first-order chi connectivity index (χ1) is 12.8. The Labute approximate surface area is 169 Å². The quantitative estimate of drug-likeness (QED) is 0.620. The van der Waals surface area contributed by atoms with E-state index in [1.54, 1.807) is 0 Å². The molecule has 0 amide bonds. The Hall–Kier alpha value is -0.930. The molecule has 27 heavy (non-hydrogen) atoms. The molecule has 2 atom stereocenters. The lowest BCUT2D eigenvalue weighted by atomic mass is 9.43. The fourth-order valence-corrected chi connectivity index (χ4v) is 7.49. The molecule has 3 nitrogen and oxygen atoms in total. The van der Waals surface area contributed by atoms with Crippen molar-refractivity contribution in [3.8, 4) is 11.5 Å². The minimum Gasteiger partial charge on any atom is -0.490 e. The Morgan fingerprint density at radius 1 is 1.00 bits per heavy atom. The van der Waals surface area contributed by atoms with E-state index >= 15 is 0 Å². The van der Waals surface area contributed by atoms with Crippen LogP contribution in [0.5, 0.6) is 11.5 Å². The largest absolute Gasteiger partial charge is 0.490 e. The molecule has 4 aliphatic rings. The molecular weight excluding hydrogens is 358 g/mol. The molecule has 5 rings (SSSR count). The maximum atomic E-state index is 6.52. The average Bonchev–Trinajstić information content (AvgIpc) is 2.53. The van der Waals surface area contributed by atoms with Crippen LogP contribution in [0.3, 0.4) is 0 Å². The summed E-state index contributed by atoms with van der Waals surface area (Å²) in [6.07, 6.45) is 8.22. The summed E-state index contributed by atoms with van der Waals surface area (Å²) in [4.78, 5) is 0. The van der Waals surface area contributed by atoms with Gasteiger partial charge in [-0.05, 0) is 86.8 Å². The van der Waals surface area contributed by atoms with E-state index in [0.717, 1.165) is 18.2 Å². The van der Waals surface area contributed by atoms with Crippen LogP contribution in [0.25, 0.3) is 0 Å². The predicted molar refractivity (Wildman–Crippen MR) is 111 cm³/mol. The van der Waals surface area contributed by atoms with E-state index in [-0.39, 0.29) is 0 Å². The Balaban J connectivity index is 1.53. The van der Waals surface area contributed by atoms with Crippen LogP contribution in [0.15, 0.2) is 12.1 Å². The highest BCUT2D eigenvalue weighted by Crippen LogP contribution is 2.66. The van der Waals surface area contributed by atoms with E-state index in [9.17, 15) is 0 Å². The summed E-state index contributed by atoms with van der Waals surface area (Å²) < 4.78 is 11.5. The van der Waals surface area contributed by atoms with Gasteiger partial charge in [0.2, 0.25) is 0 Å². The fraction of sp³-hybridized carbons (Fsp3) is 0.739. The van der Waals surface area contributed by atoms with Crippen LogP contribution in [0.1, 0.15) is 71.8 Å². The monoisotopic (exact) mass is 391 g/mol. The SMILES string of the molecule is CCOc1cc(CNC23CC4CC(C)(CC(C)(C4)C2)C3)cc(Cl)c1OCC. The number of nitrogens with one attached hydrogen (secondary N) is 1. The first-order valence-corrected chi connectivity index (χ1v) is 11.0. The molecule has 150 valence electrons. The minimum absolute atomic E-state index is 0.291. The molecular formula is C23H34ClNO2. The minimum atomic E-state index is 0.291. The van der Waals surface area contributed by atoms with Crippen molar-refractivity contribution >= 4 is 11.6 Å². The summed E-state index contributed by atoms with van der Waals surface area (Å²) >= 11 is 6.52. The van der Waals surface area contributed by atoms with E-state index in [1.807, 2.05) is 19.9 Å². The molecule has 0 heterocycles. The van der Waals surface area contributed by atoms with Crippen LogP contribution < -0.4 is 14.8 Å². The summed E-state index contributed by atoms with van der Waals surface area (Å²) in [6.45, 7) is 11.0. The van der Waals surface area contributed by atoms with Gasteiger partial charge in [0.15, 0.2) is 11.5 Å². The number of hydrogen-bond donors (Lipinski definition) is 1. The van der Waals surface area contributed by atoms with Crippen LogP contribution >= 0.6 is 11.6 Å². The molecule has 4 fully saturated rings. The van der Waals surface area contributed by atoms with Crippen LogP contribution in [-0.2, 0) is 6.54 Å². The molecule has 0 aromatic heterocycles. The van der Waals surface area contributed by atoms with E-state index in [0.29, 0.717) is 40.4 Å². The van der Waals surface area contributed by atoms with Crippen LogP contribution in [0.2, 0.25) is 5.02 Å². The highest BCUT2D eigenvalue weighted by molar-refractivity contribution is 6.32. The van der Waals surface area contributed by atoms with Crippen molar-refractivity contribution in [3.05, 3.63) is 22.7 Å². The van der Waals surface area contributed by atoms with Crippen molar-refractivity contribution in [2.45, 2.75) is 78.3 Å². The van der Waals surface area contributed by atoms with Gasteiger partial charge in [-0.3, -0.25) is 0 Å². The predicted octanol–water partition coefficient (Wildman–Crippen LogP) is 5.98. The second kappa shape index (κ2) is 6.84. The van der Waals surface area contributed by atoms with Gasteiger partial charge in [-0.15, -0.1) is 0 Å². The topological polar surface area (TPSA) is 30.5 Å². The van der Waals surface area contributed by atoms with Gasteiger partial charge >= 0.3 is 0 Å². The van der Waals surface area contributed by atoms with E-state index < -0.39 is 0 Å². The molecule has 4 heteroatoms. The summed E-state index contributed by atoms with van der Waals surface area (Å²) in [5.74, 6) is 2.32. The number of ether oxygens (including phenoxy) is 2. The lowest BCUT2D eigenvalue weighted by Gasteiger charge is -2.65. The average molecular weight is 392 g/mol. The van der Waals surface area contributed by atoms with Crippen molar-refractivity contribution < 1.29 is 9.47 Å². The molecule has 0 spiro atoms. The van der Waals surface area contributed by atoms with Gasteiger partial charge in [-0.25, -0.2) is 0 Å². The molecule has 4 saturated carbocycles. The van der Waals surface area contributed by atoms with Gasteiger partial charge in [-0.2, -0.15) is 0 Å². The van der Waals surface area contributed by atoms with E-state index in [2.05, 4.69) is 25.2 Å². The molecule has 2 unspecified atom stereocenters. The number of halogens is 1. The molecule has 4 bridgehead atoms. The lowest BCUT2D eigenvalue weighted by Crippen LogP contribution is -2.63. The second-order valence-corrected chi connectivity index (χ2v) is 10.4. The zero-order valence-electron chi connectivity index (χ0n) is 17.3. The Morgan fingerprint density at radius 2 is 1.67 bits per heavy atom. The van der Waals surface area contributed by atoms with Gasteiger partial charge in [0.25, 0.3) is 0 Å². The number of rotatable bonds is 7. The van der Waals surface area contributed by atoms with Crippen molar-refractivity contribution in [1.29, 1.82) is 0 Å². The van der Waals surface area contributed by atoms with Crippen molar-refractivity contribution in [2.75, 3.05) is 13.2 Å². The Kier molecular flexibility index (Phi) is 4.91. The zero-order valence-corrected chi connectivity index (χ0v) is 18.0. The maximum absolute atomic E-state index is 6.52. The van der Waals surface area contributed by atoms with Crippen LogP contribution in [0.4, 0.5) is 0 Å². The zero-order chi connectivity index (χ0) is 19.3. The third-order valence-electron chi connectivity index (χ3n) is 6.95. The summed E-state index contributed by atoms with van der Waals surface area (Å²) in [7, 11) is 0. The van der Waals surface area contributed by atoms with Crippen molar-refractivity contribution in [2.24, 2.45) is 16.7 Å². The van der Waals surface area contributed by atoms with Gasteiger partial charge < -0.3 is 14.8 Å². The molecule has 1 N–H and O–H groups in total. The Morgan fingerprint density at radius 3 is 2.26 bits per heavy atom. The normalized spacial score (nSPS) is 36.9. The molecule has 1 aromatic carbocycles. The van der Waals surface area contributed by atoms with Gasteiger partial charge in [-0.1, -0.05) is 25.4 Å². The van der Waals surface area contributed by atoms with Crippen LogP contribution in [-0.4, -0.2) is 18.8 Å². The first-order valence-electron chi connectivity index (χ1n) is 10.6. The highest BCUT2D eigenvalue weighted by Gasteiger charge is 2.59. The Bertz CT molecular complexity index is 701. The molecule has 1 aromatic rings. The third-order valence-corrected chi connectivity index (χ3v) is 7.23. The molecule has 4 aliphatic carbocycles. The van der Waals surface area contributed by atoms with Crippen LogP contribution in [0, 0.1) is 16.7 Å². The summed E-state index contributed by atoms with van der Waals surface area (Å²) in [6, 6.07) is 4.13. The van der Waals surface area contributed by atoms with Crippen molar-refractivity contribution in [1.82, 2.24) is 5.32 Å². The van der Waals surface area contributed by atoms with E-state index in [4.69, 9.17) is 21.1 Å². The number of hydrogen-bond acceptors (Lipinski definition) is 3. The highest BCUT2D eigenvalue weighted by atomic mass is 35.5. The lowest BCUT2D eigenvalue weighted by molar-refractivity contribution is -0.118. The molecule has 0 saturated heterocycles. The summed E-state index contributed by atoms with van der Waals surface area (Å²) in [5.41, 5.74) is 2.51. The molecule has 0 radical (unpaired) electrons. The van der Waals surface area contributed by atoms with Gasteiger partial charge in [0, 0.05) is 12.1 Å². The smallest absolute Gasteiger partial charge is 0.179 e. The summed E-state index contributed by atoms with van der Waals surface area (Å²) in [5, 5.41) is 4.63. The van der Waals surface area contributed by atoms with E-state index in [1.165, 1.54) is 44.1 Å². The maximum Gasteiger partial charge on any atom is 0.179 e. The molecule has 0 aliphatic heterocycles. The third kappa shape index (κ3) is 3.70.